The molecule has 2 N–H and O–H groups in total. The highest BCUT2D eigenvalue weighted by molar-refractivity contribution is 6.02. The highest BCUT2D eigenvalue weighted by Crippen LogP contribution is 2.45. The monoisotopic (exact) mass is 557 g/mol. The van der Waals surface area contributed by atoms with E-state index >= 15 is 0 Å². The van der Waals surface area contributed by atoms with E-state index in [0.29, 0.717) is 36.6 Å². The van der Waals surface area contributed by atoms with E-state index in [4.69, 9.17) is 14.2 Å². The molecule has 1 heterocycles. The van der Waals surface area contributed by atoms with Gasteiger partial charge in [-0.2, -0.15) is 0 Å². The van der Waals surface area contributed by atoms with Crippen LogP contribution in [0.1, 0.15) is 71.2 Å². The lowest BCUT2D eigenvalue weighted by molar-refractivity contribution is -0.118. The third-order valence-electron chi connectivity index (χ3n) is 7.89. The zero-order valence-corrected chi connectivity index (χ0v) is 25.1. The zero-order chi connectivity index (χ0) is 29.6. The van der Waals surface area contributed by atoms with Gasteiger partial charge < -0.3 is 24.8 Å². The van der Waals surface area contributed by atoms with Crippen molar-refractivity contribution in [1.82, 2.24) is 15.5 Å². The van der Waals surface area contributed by atoms with Crippen molar-refractivity contribution in [3.8, 4) is 5.75 Å². The molecule has 0 spiro atoms. The summed E-state index contributed by atoms with van der Waals surface area (Å²) in [5.41, 5.74) is 0.348. The van der Waals surface area contributed by atoms with E-state index in [0.717, 1.165) is 32.4 Å². The Labute approximate surface area is 239 Å². The fraction of sp³-hybridized carbons (Fsp3) is 0.645. The van der Waals surface area contributed by atoms with Gasteiger partial charge in [0, 0.05) is 36.8 Å². The van der Waals surface area contributed by atoms with E-state index in [1.807, 2.05) is 13.8 Å². The second-order valence-electron chi connectivity index (χ2n) is 12.9. The summed E-state index contributed by atoms with van der Waals surface area (Å²) in [6.45, 7) is 19.4. The Morgan fingerprint density at radius 2 is 1.73 bits per heavy atom. The minimum absolute atomic E-state index is 0.00691. The predicted molar refractivity (Wildman–Crippen MR) is 155 cm³/mol. The summed E-state index contributed by atoms with van der Waals surface area (Å²) in [7, 11) is 0. The Morgan fingerprint density at radius 3 is 2.35 bits per heavy atom. The van der Waals surface area contributed by atoms with Gasteiger partial charge in [0.2, 0.25) is 5.91 Å². The number of Topliss-reactive ketones (excluding diaryl/α,β-unsaturated/α-hetero) is 1. The van der Waals surface area contributed by atoms with Crippen molar-refractivity contribution in [3.63, 3.8) is 0 Å². The second-order valence-corrected chi connectivity index (χ2v) is 12.9. The van der Waals surface area contributed by atoms with E-state index in [-0.39, 0.29) is 41.8 Å². The lowest BCUT2D eigenvalue weighted by atomic mass is 9.62. The van der Waals surface area contributed by atoms with Crippen molar-refractivity contribution in [3.05, 3.63) is 42.0 Å². The standard InChI is InChI=1S/C31H47N3O6/c1-22(2)27(36)32-21-31(7)19-24(18-29(3,4)20-31)33-28(37)40-17-16-39-25-10-8-23(9-11-25)26(35)30(5,6)34-12-14-38-15-13-34/h8-11,24H,1,12-21H2,2-7H3,(H,32,36)(H,33,37). The summed E-state index contributed by atoms with van der Waals surface area (Å²) in [5, 5.41) is 5.97. The molecule has 2 aliphatic rings. The van der Waals surface area contributed by atoms with Crippen molar-refractivity contribution in [1.29, 1.82) is 0 Å². The molecule has 222 valence electrons. The van der Waals surface area contributed by atoms with Crippen LogP contribution in [0.4, 0.5) is 4.79 Å². The average Bonchev–Trinajstić information content (AvgIpc) is 2.89. The lowest BCUT2D eigenvalue weighted by Crippen LogP contribution is -2.54. The molecule has 1 saturated carbocycles. The normalized spacial score (nSPS) is 23.1. The summed E-state index contributed by atoms with van der Waals surface area (Å²) in [5.74, 6) is 0.513. The number of carbonyl (C=O) groups excluding carboxylic acids is 3. The molecule has 3 rings (SSSR count). The molecule has 1 aliphatic heterocycles. The molecule has 0 aromatic heterocycles. The number of ketones is 1. The first-order valence-corrected chi connectivity index (χ1v) is 14.2. The molecule has 9 nitrogen and oxygen atoms in total. The topological polar surface area (TPSA) is 106 Å². The molecule has 1 saturated heterocycles. The number of nitrogens with one attached hydrogen (secondary N) is 2. The third kappa shape index (κ3) is 8.80. The maximum atomic E-state index is 13.1. The lowest BCUT2D eigenvalue weighted by Gasteiger charge is -2.46. The first-order valence-electron chi connectivity index (χ1n) is 14.2. The van der Waals surface area contributed by atoms with Crippen LogP contribution in [-0.2, 0) is 14.3 Å². The number of amides is 2. The quantitative estimate of drug-likeness (QED) is 0.237. The van der Waals surface area contributed by atoms with Crippen LogP contribution in [0.2, 0.25) is 0 Å². The van der Waals surface area contributed by atoms with Gasteiger partial charge in [-0.25, -0.2) is 4.79 Å². The Bertz CT molecular complexity index is 1060. The van der Waals surface area contributed by atoms with E-state index < -0.39 is 11.6 Å². The molecule has 1 aromatic carbocycles. The Kier molecular flexibility index (Phi) is 10.4. The van der Waals surface area contributed by atoms with Gasteiger partial charge in [-0.15, -0.1) is 0 Å². The van der Waals surface area contributed by atoms with Crippen LogP contribution in [0.5, 0.6) is 5.75 Å². The summed E-state index contributed by atoms with van der Waals surface area (Å²) in [4.78, 5) is 39.8. The van der Waals surface area contributed by atoms with Crippen LogP contribution < -0.4 is 15.4 Å². The summed E-state index contributed by atoms with van der Waals surface area (Å²) in [6.07, 6.45) is 2.03. The number of rotatable bonds is 11. The fourth-order valence-corrected chi connectivity index (χ4v) is 6.14. The summed E-state index contributed by atoms with van der Waals surface area (Å²) >= 11 is 0. The highest BCUT2D eigenvalue weighted by atomic mass is 16.6. The van der Waals surface area contributed by atoms with Gasteiger partial charge in [-0.3, -0.25) is 14.5 Å². The highest BCUT2D eigenvalue weighted by Gasteiger charge is 2.42. The molecule has 1 aromatic rings. The molecular weight excluding hydrogens is 510 g/mol. The fourth-order valence-electron chi connectivity index (χ4n) is 6.14. The van der Waals surface area contributed by atoms with E-state index in [2.05, 4.69) is 42.9 Å². The molecule has 2 unspecified atom stereocenters. The van der Waals surface area contributed by atoms with Gasteiger partial charge in [-0.1, -0.05) is 27.4 Å². The predicted octanol–water partition coefficient (Wildman–Crippen LogP) is 4.36. The molecule has 0 bridgehead atoms. The van der Waals surface area contributed by atoms with Gasteiger partial charge in [0.1, 0.15) is 19.0 Å². The molecule has 2 atom stereocenters. The average molecular weight is 558 g/mol. The van der Waals surface area contributed by atoms with E-state index in [1.54, 1.807) is 31.2 Å². The van der Waals surface area contributed by atoms with Crippen molar-refractivity contribution < 1.29 is 28.6 Å². The van der Waals surface area contributed by atoms with Gasteiger partial charge in [0.15, 0.2) is 5.78 Å². The van der Waals surface area contributed by atoms with Crippen LogP contribution in [-0.4, -0.2) is 80.3 Å². The number of ether oxygens (including phenoxy) is 3. The molecule has 2 amide bonds. The minimum Gasteiger partial charge on any atom is -0.490 e. The number of nitrogens with zero attached hydrogens (tertiary/aromatic N) is 1. The summed E-state index contributed by atoms with van der Waals surface area (Å²) < 4.78 is 16.5. The first kappa shape index (κ1) is 31.6. The van der Waals surface area contributed by atoms with Gasteiger partial charge in [0.05, 0.1) is 18.8 Å². The van der Waals surface area contributed by atoms with Gasteiger partial charge >= 0.3 is 6.09 Å². The maximum absolute atomic E-state index is 13.1. The van der Waals surface area contributed by atoms with Crippen LogP contribution >= 0.6 is 0 Å². The molecule has 40 heavy (non-hydrogen) atoms. The van der Waals surface area contributed by atoms with Crippen LogP contribution in [0, 0.1) is 10.8 Å². The maximum Gasteiger partial charge on any atom is 0.407 e. The SMILES string of the molecule is C=C(C)C(=O)NCC1(C)CC(NC(=O)OCCOc2ccc(C(=O)C(C)(C)N3CCOCC3)cc2)CC(C)(C)C1. The second kappa shape index (κ2) is 13.2. The van der Waals surface area contributed by atoms with Crippen molar-refractivity contribution in [2.75, 3.05) is 46.1 Å². The number of benzene rings is 1. The molecular formula is C31H47N3O6. The number of hydrogen-bond acceptors (Lipinski definition) is 7. The first-order chi connectivity index (χ1) is 18.7. The van der Waals surface area contributed by atoms with Crippen LogP contribution in [0.25, 0.3) is 0 Å². The van der Waals surface area contributed by atoms with Gasteiger partial charge in [-0.05, 0) is 75.1 Å². The molecule has 0 radical (unpaired) electrons. The third-order valence-corrected chi connectivity index (χ3v) is 7.89. The molecule has 9 heteroatoms. The largest absolute Gasteiger partial charge is 0.490 e. The van der Waals surface area contributed by atoms with Crippen molar-refractivity contribution in [2.45, 2.75) is 72.4 Å². The number of alkyl carbamates (subject to hydrolysis) is 1. The molecule has 1 aliphatic carbocycles. The van der Waals surface area contributed by atoms with Crippen LogP contribution in [0.3, 0.4) is 0 Å². The number of carbonyl (C=O) groups is 3. The smallest absolute Gasteiger partial charge is 0.407 e. The number of morpholine rings is 1. The molecule has 2 fully saturated rings. The van der Waals surface area contributed by atoms with E-state index in [9.17, 15) is 14.4 Å². The Balaban J connectivity index is 1.43. The minimum atomic E-state index is -0.614. The van der Waals surface area contributed by atoms with Gasteiger partial charge in [0.25, 0.3) is 0 Å². The zero-order valence-electron chi connectivity index (χ0n) is 25.1. The number of hydrogen-bond donors (Lipinski definition) is 2. The van der Waals surface area contributed by atoms with Crippen LogP contribution in [0.15, 0.2) is 36.4 Å². The summed E-state index contributed by atoms with van der Waals surface area (Å²) in [6, 6.07) is 7.01. The Morgan fingerprint density at radius 1 is 1.07 bits per heavy atom. The van der Waals surface area contributed by atoms with E-state index in [1.165, 1.54) is 0 Å². The Hall–Kier alpha value is -2.91. The van der Waals surface area contributed by atoms with Crippen molar-refractivity contribution in [2.24, 2.45) is 10.8 Å². The van der Waals surface area contributed by atoms with Crippen molar-refractivity contribution >= 4 is 17.8 Å².